The van der Waals surface area contributed by atoms with Crippen LogP contribution >= 0.6 is 11.8 Å². The Balaban J connectivity index is 1.62. The van der Waals surface area contributed by atoms with E-state index in [4.69, 9.17) is 4.74 Å². The molecule has 0 aliphatic carbocycles. The lowest BCUT2D eigenvalue weighted by Gasteiger charge is -2.07. The second-order valence-electron chi connectivity index (χ2n) is 5.10. The molecule has 1 heterocycles. The lowest BCUT2D eigenvalue weighted by molar-refractivity contribution is -0.116. The summed E-state index contributed by atoms with van der Waals surface area (Å²) in [4.78, 5) is 11.0. The Morgan fingerprint density at radius 2 is 2.12 bits per heavy atom. The number of amidine groups is 1. The molecule has 1 aliphatic heterocycles. The number of halogens is 2. The van der Waals surface area contributed by atoms with Crippen LogP contribution in [-0.2, 0) is 11.4 Å². The molecule has 3 rings (SSSR count). The zero-order valence-corrected chi connectivity index (χ0v) is 13.7. The topological polar surface area (TPSA) is 63.0 Å². The standard InChI is InChI=1S/C17H13F2N3O2S/c18-13-4-5-15(14(19)7-13)24-9-12-3-1-2-11(6-12)8-20-22-17-21-16(23)10-25-17/h1-8H,9-10H2,(H,21,22,23). The summed E-state index contributed by atoms with van der Waals surface area (Å²) in [5.41, 5.74) is 1.57. The summed E-state index contributed by atoms with van der Waals surface area (Å²) in [5, 5.41) is 10.9. The summed E-state index contributed by atoms with van der Waals surface area (Å²) in [6.45, 7) is 0.130. The van der Waals surface area contributed by atoms with Crippen molar-refractivity contribution in [2.45, 2.75) is 6.61 Å². The summed E-state index contributed by atoms with van der Waals surface area (Å²) < 4.78 is 31.8. The van der Waals surface area contributed by atoms with Gasteiger partial charge in [-0.2, -0.15) is 5.10 Å². The van der Waals surface area contributed by atoms with Crippen LogP contribution in [0, 0.1) is 11.6 Å². The van der Waals surface area contributed by atoms with Crippen LogP contribution in [0.1, 0.15) is 11.1 Å². The highest BCUT2D eigenvalue weighted by molar-refractivity contribution is 8.15. The van der Waals surface area contributed by atoms with Gasteiger partial charge < -0.3 is 10.1 Å². The fourth-order valence-electron chi connectivity index (χ4n) is 2.04. The van der Waals surface area contributed by atoms with Crippen molar-refractivity contribution in [3.63, 3.8) is 0 Å². The number of benzene rings is 2. The summed E-state index contributed by atoms with van der Waals surface area (Å²) in [6, 6.07) is 10.4. The molecule has 0 spiro atoms. The molecule has 0 radical (unpaired) electrons. The molecule has 2 aromatic rings. The van der Waals surface area contributed by atoms with Crippen LogP contribution in [0.5, 0.6) is 5.75 Å². The lowest BCUT2D eigenvalue weighted by atomic mass is 10.1. The van der Waals surface area contributed by atoms with E-state index >= 15 is 0 Å². The third-order valence-electron chi connectivity index (χ3n) is 3.18. The van der Waals surface area contributed by atoms with Crippen LogP contribution in [0.2, 0.25) is 0 Å². The normalized spacial score (nSPS) is 15.8. The number of hydrogen-bond acceptors (Lipinski definition) is 5. The first kappa shape index (κ1) is 17.1. The SMILES string of the molecule is O=C1CSC(=NN=Cc2cccc(COc3ccc(F)cc3F)c2)N1. The minimum atomic E-state index is -0.746. The van der Waals surface area contributed by atoms with E-state index < -0.39 is 11.6 Å². The van der Waals surface area contributed by atoms with Crippen molar-refractivity contribution in [3.05, 3.63) is 65.2 Å². The van der Waals surface area contributed by atoms with Gasteiger partial charge >= 0.3 is 0 Å². The van der Waals surface area contributed by atoms with Crippen molar-refractivity contribution in [1.29, 1.82) is 0 Å². The molecule has 1 amide bonds. The van der Waals surface area contributed by atoms with E-state index in [1.54, 1.807) is 12.3 Å². The number of carbonyl (C=O) groups is 1. The number of amides is 1. The fourth-order valence-corrected chi connectivity index (χ4v) is 2.67. The van der Waals surface area contributed by atoms with Crippen molar-refractivity contribution >= 4 is 29.1 Å². The Labute approximate surface area is 146 Å². The van der Waals surface area contributed by atoms with Gasteiger partial charge in [0.2, 0.25) is 5.91 Å². The van der Waals surface area contributed by atoms with Gasteiger partial charge in [-0.1, -0.05) is 30.0 Å². The minimum absolute atomic E-state index is 0.0131. The van der Waals surface area contributed by atoms with Gasteiger partial charge in [-0.25, -0.2) is 8.78 Å². The van der Waals surface area contributed by atoms with Crippen molar-refractivity contribution in [1.82, 2.24) is 5.32 Å². The lowest BCUT2D eigenvalue weighted by Crippen LogP contribution is -2.19. The van der Waals surface area contributed by atoms with Crippen LogP contribution in [0.3, 0.4) is 0 Å². The summed E-state index contributed by atoms with van der Waals surface area (Å²) >= 11 is 1.29. The highest BCUT2D eigenvalue weighted by Crippen LogP contribution is 2.19. The van der Waals surface area contributed by atoms with E-state index in [9.17, 15) is 13.6 Å². The summed E-state index contributed by atoms with van der Waals surface area (Å²) in [7, 11) is 0. The van der Waals surface area contributed by atoms with Crippen LogP contribution < -0.4 is 10.1 Å². The van der Waals surface area contributed by atoms with Crippen molar-refractivity contribution in [3.8, 4) is 5.75 Å². The first-order valence-electron chi connectivity index (χ1n) is 7.30. The van der Waals surface area contributed by atoms with Crippen molar-refractivity contribution in [2.75, 3.05) is 5.75 Å². The zero-order valence-electron chi connectivity index (χ0n) is 12.9. The average molecular weight is 361 g/mol. The molecule has 0 saturated carbocycles. The number of nitrogens with zero attached hydrogens (tertiary/aromatic N) is 2. The van der Waals surface area contributed by atoms with E-state index in [2.05, 4.69) is 15.5 Å². The number of carbonyl (C=O) groups excluding carboxylic acids is 1. The van der Waals surface area contributed by atoms with Crippen LogP contribution in [0.4, 0.5) is 8.78 Å². The Morgan fingerprint density at radius 3 is 2.88 bits per heavy atom. The molecule has 1 saturated heterocycles. The molecular formula is C17H13F2N3O2S. The number of rotatable bonds is 5. The second kappa shape index (κ2) is 7.89. The van der Waals surface area contributed by atoms with Gasteiger partial charge in [0.1, 0.15) is 12.4 Å². The molecule has 8 heteroatoms. The van der Waals surface area contributed by atoms with E-state index in [0.717, 1.165) is 23.3 Å². The number of nitrogens with one attached hydrogen (secondary N) is 1. The van der Waals surface area contributed by atoms with Gasteiger partial charge in [-0.15, -0.1) is 5.10 Å². The smallest absolute Gasteiger partial charge is 0.236 e. The maximum absolute atomic E-state index is 13.5. The Morgan fingerprint density at radius 1 is 1.24 bits per heavy atom. The molecule has 5 nitrogen and oxygen atoms in total. The van der Waals surface area contributed by atoms with E-state index in [0.29, 0.717) is 10.9 Å². The molecule has 1 N–H and O–H groups in total. The van der Waals surface area contributed by atoms with Crippen LogP contribution in [0.15, 0.2) is 52.7 Å². The van der Waals surface area contributed by atoms with E-state index in [1.165, 1.54) is 17.8 Å². The fraction of sp³-hybridized carbons (Fsp3) is 0.118. The van der Waals surface area contributed by atoms with E-state index in [-0.39, 0.29) is 18.3 Å². The van der Waals surface area contributed by atoms with Gasteiger partial charge in [0.05, 0.1) is 12.0 Å². The first-order valence-corrected chi connectivity index (χ1v) is 8.29. The van der Waals surface area contributed by atoms with Gasteiger partial charge in [-0.3, -0.25) is 4.79 Å². The molecule has 1 aliphatic rings. The van der Waals surface area contributed by atoms with E-state index in [1.807, 2.05) is 18.2 Å². The van der Waals surface area contributed by atoms with Crippen LogP contribution in [0.25, 0.3) is 0 Å². The third-order valence-corrected chi connectivity index (χ3v) is 4.04. The minimum Gasteiger partial charge on any atom is -0.486 e. The molecule has 0 atom stereocenters. The Bertz CT molecular complexity index is 856. The molecular weight excluding hydrogens is 348 g/mol. The molecule has 0 bridgehead atoms. The first-order chi connectivity index (χ1) is 12.1. The highest BCUT2D eigenvalue weighted by Gasteiger charge is 2.15. The molecule has 1 fully saturated rings. The molecule has 0 unspecified atom stereocenters. The quantitative estimate of drug-likeness (QED) is 0.658. The summed E-state index contributed by atoms with van der Waals surface area (Å²) in [6.07, 6.45) is 1.54. The second-order valence-corrected chi connectivity index (χ2v) is 6.06. The third kappa shape index (κ3) is 4.87. The predicted molar refractivity (Wildman–Crippen MR) is 92.8 cm³/mol. The van der Waals surface area contributed by atoms with Gasteiger partial charge in [0, 0.05) is 6.07 Å². The van der Waals surface area contributed by atoms with Crippen LogP contribution in [-0.4, -0.2) is 23.0 Å². The van der Waals surface area contributed by atoms with Gasteiger partial charge in [-0.05, 0) is 29.3 Å². The average Bonchev–Trinajstić information content (AvgIpc) is 3.00. The van der Waals surface area contributed by atoms with Crippen molar-refractivity contribution in [2.24, 2.45) is 10.2 Å². The molecule has 0 aromatic heterocycles. The monoisotopic (exact) mass is 361 g/mol. The van der Waals surface area contributed by atoms with Gasteiger partial charge in [0.15, 0.2) is 16.7 Å². The number of ether oxygens (including phenoxy) is 1. The molecule has 25 heavy (non-hydrogen) atoms. The molecule has 128 valence electrons. The van der Waals surface area contributed by atoms with Gasteiger partial charge in [0.25, 0.3) is 0 Å². The zero-order chi connectivity index (χ0) is 17.6. The number of hydrogen-bond donors (Lipinski definition) is 1. The molecule has 2 aromatic carbocycles. The Kier molecular flexibility index (Phi) is 5.39. The highest BCUT2D eigenvalue weighted by atomic mass is 32.2. The number of thioether (sulfide) groups is 1. The maximum Gasteiger partial charge on any atom is 0.236 e. The largest absolute Gasteiger partial charge is 0.486 e. The van der Waals surface area contributed by atoms with Crippen molar-refractivity contribution < 1.29 is 18.3 Å². The summed E-state index contributed by atoms with van der Waals surface area (Å²) in [5.74, 6) is -1.15. The Hall–Kier alpha value is -2.74. The maximum atomic E-state index is 13.5. The predicted octanol–water partition coefficient (Wildman–Crippen LogP) is 3.10.